The Balaban J connectivity index is 1.30. The van der Waals surface area contributed by atoms with Gasteiger partial charge in [0.2, 0.25) is 0 Å². The fourth-order valence-electron chi connectivity index (χ4n) is 7.16. The van der Waals surface area contributed by atoms with E-state index in [1.165, 1.54) is 22.3 Å². The zero-order chi connectivity index (χ0) is 35.5. The molecule has 0 fully saturated rings. The van der Waals surface area contributed by atoms with Gasteiger partial charge in [-0.05, 0) is 130 Å². The molecule has 0 spiro atoms. The van der Waals surface area contributed by atoms with Gasteiger partial charge in [-0.3, -0.25) is 0 Å². The van der Waals surface area contributed by atoms with Crippen LogP contribution in [0.1, 0.15) is 36.1 Å². The molecule has 0 heterocycles. The Morgan fingerprint density at radius 2 is 0.725 bits per heavy atom. The van der Waals surface area contributed by atoms with Gasteiger partial charge in [0.25, 0.3) is 0 Å². The van der Waals surface area contributed by atoms with Gasteiger partial charge < -0.3 is 28.7 Å². The van der Waals surface area contributed by atoms with Crippen molar-refractivity contribution >= 4 is 34.1 Å². The van der Waals surface area contributed by atoms with Crippen molar-refractivity contribution in [3.05, 3.63) is 156 Å². The molecule has 6 heteroatoms. The second-order valence-corrected chi connectivity index (χ2v) is 13.4. The van der Waals surface area contributed by atoms with Crippen LogP contribution in [0.4, 0.5) is 34.1 Å². The second-order valence-electron chi connectivity index (χ2n) is 13.4. The third-order valence-electron chi connectivity index (χ3n) is 9.83. The Bertz CT molecular complexity index is 2010. The van der Waals surface area contributed by atoms with Gasteiger partial charge in [0.05, 0.1) is 27.4 Å². The van der Waals surface area contributed by atoms with Gasteiger partial charge in [-0.1, -0.05) is 50.2 Å². The normalized spacial score (nSPS) is 12.6. The molecule has 0 aromatic heterocycles. The van der Waals surface area contributed by atoms with Crippen LogP contribution in [-0.2, 0) is 28.1 Å². The Hall–Kier alpha value is -5.56. The van der Waals surface area contributed by atoms with Gasteiger partial charge in [0, 0.05) is 53.8 Å². The summed E-state index contributed by atoms with van der Waals surface area (Å²) in [6.07, 6.45) is 0. The molecule has 51 heavy (non-hydrogen) atoms. The Morgan fingerprint density at radius 1 is 0.412 bits per heavy atom. The molecule has 0 atom stereocenters. The van der Waals surface area contributed by atoms with E-state index in [-0.39, 0.29) is 5.41 Å². The summed E-state index contributed by atoms with van der Waals surface area (Å²) in [6.45, 7) is 5.82. The maximum Gasteiger partial charge on any atom is 0.119 e. The van der Waals surface area contributed by atoms with Gasteiger partial charge in [-0.25, -0.2) is 0 Å². The Kier molecular flexibility index (Phi) is 9.54. The van der Waals surface area contributed by atoms with E-state index in [1.807, 2.05) is 24.3 Å². The topological polar surface area (TPSA) is 43.4 Å². The number of ether oxygens (including phenoxy) is 4. The maximum absolute atomic E-state index is 5.48. The number of hydrogen-bond donors (Lipinski definition) is 0. The first-order valence-electron chi connectivity index (χ1n) is 17.2. The molecule has 0 radical (unpaired) electrons. The molecule has 0 unspecified atom stereocenters. The first-order valence-corrected chi connectivity index (χ1v) is 17.2. The van der Waals surface area contributed by atoms with Gasteiger partial charge in [0.1, 0.15) is 11.5 Å². The lowest BCUT2D eigenvalue weighted by atomic mass is 9.82. The van der Waals surface area contributed by atoms with E-state index in [0.29, 0.717) is 13.2 Å². The summed E-state index contributed by atoms with van der Waals surface area (Å²) < 4.78 is 21.7. The van der Waals surface area contributed by atoms with Crippen LogP contribution in [0, 0.1) is 0 Å². The molecule has 258 valence electrons. The van der Waals surface area contributed by atoms with Crippen molar-refractivity contribution < 1.29 is 18.9 Å². The van der Waals surface area contributed by atoms with Crippen LogP contribution in [0.25, 0.3) is 11.1 Å². The molecular weight excluding hydrogens is 633 g/mol. The summed E-state index contributed by atoms with van der Waals surface area (Å²) >= 11 is 0. The minimum atomic E-state index is -0.252. The highest BCUT2D eigenvalue weighted by atomic mass is 16.5. The van der Waals surface area contributed by atoms with Gasteiger partial charge in [0.15, 0.2) is 0 Å². The van der Waals surface area contributed by atoms with Crippen molar-refractivity contribution in [2.45, 2.75) is 32.5 Å². The van der Waals surface area contributed by atoms with Crippen molar-refractivity contribution in [1.82, 2.24) is 0 Å². The van der Waals surface area contributed by atoms with E-state index >= 15 is 0 Å². The zero-order valence-electron chi connectivity index (χ0n) is 30.1. The second kappa shape index (κ2) is 14.4. The molecule has 0 amide bonds. The lowest BCUT2D eigenvalue weighted by Gasteiger charge is -2.29. The molecule has 1 aliphatic rings. The molecule has 0 N–H and O–H groups in total. The number of anilines is 6. The minimum Gasteiger partial charge on any atom is -0.497 e. The molecule has 0 aliphatic heterocycles. The molecule has 7 rings (SSSR count). The van der Waals surface area contributed by atoms with Crippen LogP contribution in [0.15, 0.2) is 133 Å². The smallest absolute Gasteiger partial charge is 0.119 e. The molecule has 1 aliphatic carbocycles. The van der Waals surface area contributed by atoms with E-state index in [1.54, 1.807) is 28.4 Å². The number of fused-ring (bicyclic) bond motifs is 3. The van der Waals surface area contributed by atoms with Crippen LogP contribution < -0.4 is 19.3 Å². The Labute approximate surface area is 301 Å². The van der Waals surface area contributed by atoms with Crippen molar-refractivity contribution in [3.63, 3.8) is 0 Å². The SMILES string of the molecule is COCc1ccc(N(c2ccc(COC)cc2)c2ccc3c(c2)C(C)(C)c2cc(N(c4ccc(OC)cc4)c4ccc(OC)cc4)ccc2-3)cc1. The summed E-state index contributed by atoms with van der Waals surface area (Å²) in [4.78, 5) is 4.61. The van der Waals surface area contributed by atoms with Gasteiger partial charge in [-0.15, -0.1) is 0 Å². The third-order valence-corrected chi connectivity index (χ3v) is 9.83. The van der Waals surface area contributed by atoms with Crippen LogP contribution in [0.2, 0.25) is 0 Å². The quantitative estimate of drug-likeness (QED) is 0.129. The Morgan fingerprint density at radius 3 is 1.04 bits per heavy atom. The fourth-order valence-corrected chi connectivity index (χ4v) is 7.16. The molecule has 6 nitrogen and oxygen atoms in total. The first-order chi connectivity index (χ1) is 24.8. The number of methoxy groups -OCH3 is 4. The average molecular weight is 677 g/mol. The fraction of sp³-hybridized carbons (Fsp3) is 0.200. The van der Waals surface area contributed by atoms with Crippen LogP contribution >= 0.6 is 0 Å². The molecular formula is C45H44N2O4. The predicted molar refractivity (Wildman–Crippen MR) is 208 cm³/mol. The number of rotatable bonds is 12. The van der Waals surface area contributed by atoms with E-state index in [0.717, 1.165) is 56.8 Å². The maximum atomic E-state index is 5.48. The third kappa shape index (κ3) is 6.56. The molecule has 0 bridgehead atoms. The number of nitrogens with zero attached hydrogens (tertiary/aromatic N) is 2. The van der Waals surface area contributed by atoms with Crippen molar-refractivity contribution in [3.8, 4) is 22.6 Å². The number of hydrogen-bond acceptors (Lipinski definition) is 6. The molecule has 6 aromatic rings. The van der Waals surface area contributed by atoms with Crippen LogP contribution in [0.3, 0.4) is 0 Å². The highest BCUT2D eigenvalue weighted by Gasteiger charge is 2.37. The largest absolute Gasteiger partial charge is 0.497 e. The molecule has 0 saturated carbocycles. The molecule has 6 aromatic carbocycles. The summed E-state index contributed by atoms with van der Waals surface area (Å²) in [7, 11) is 6.84. The number of benzene rings is 6. The van der Waals surface area contributed by atoms with Gasteiger partial charge in [-0.2, -0.15) is 0 Å². The summed E-state index contributed by atoms with van der Waals surface area (Å²) in [5, 5.41) is 0. The minimum absolute atomic E-state index is 0.252. The lowest BCUT2D eigenvalue weighted by Crippen LogP contribution is -2.17. The van der Waals surface area contributed by atoms with Crippen molar-refractivity contribution in [1.29, 1.82) is 0 Å². The van der Waals surface area contributed by atoms with E-state index < -0.39 is 0 Å². The van der Waals surface area contributed by atoms with E-state index in [2.05, 4.69) is 133 Å². The highest BCUT2D eigenvalue weighted by Crippen LogP contribution is 2.52. The van der Waals surface area contributed by atoms with Crippen LogP contribution in [0.5, 0.6) is 11.5 Å². The summed E-state index contributed by atoms with van der Waals surface area (Å²) in [5.74, 6) is 1.64. The monoisotopic (exact) mass is 676 g/mol. The first kappa shape index (κ1) is 33.9. The van der Waals surface area contributed by atoms with Gasteiger partial charge >= 0.3 is 0 Å². The highest BCUT2D eigenvalue weighted by molar-refractivity contribution is 5.88. The van der Waals surface area contributed by atoms with Crippen molar-refractivity contribution in [2.75, 3.05) is 38.2 Å². The lowest BCUT2D eigenvalue weighted by molar-refractivity contribution is 0.185. The zero-order valence-corrected chi connectivity index (χ0v) is 30.1. The average Bonchev–Trinajstić information content (AvgIpc) is 3.39. The summed E-state index contributed by atoms with van der Waals surface area (Å²) in [5.41, 5.74) is 13.6. The van der Waals surface area contributed by atoms with E-state index in [4.69, 9.17) is 18.9 Å². The summed E-state index contributed by atoms with van der Waals surface area (Å²) in [6, 6.07) is 47.4. The molecule has 0 saturated heterocycles. The standard InChI is InChI=1S/C45H44N2O4/c1-45(2)43-27-37(46(33-11-7-31(8-12-33)29-48-3)34-13-9-32(10-14-34)30-49-4)19-25-41(43)42-26-20-38(28-44(42)45)47(35-15-21-39(50-5)22-16-35)36-17-23-40(51-6)24-18-36/h7-28H,29-30H2,1-6H3. The van der Waals surface area contributed by atoms with Crippen molar-refractivity contribution in [2.24, 2.45) is 0 Å². The predicted octanol–water partition coefficient (Wildman–Crippen LogP) is 11.2. The van der Waals surface area contributed by atoms with Crippen LogP contribution in [-0.4, -0.2) is 28.4 Å². The van der Waals surface area contributed by atoms with E-state index in [9.17, 15) is 0 Å².